The van der Waals surface area contributed by atoms with Gasteiger partial charge in [0.05, 0.1) is 0 Å². The Balaban J connectivity index is 1.65. The molecule has 4 aromatic rings. The molecule has 2 unspecified atom stereocenters. The molecule has 0 aliphatic carbocycles. The van der Waals surface area contributed by atoms with Crippen molar-refractivity contribution in [1.82, 2.24) is 0 Å². The van der Waals surface area contributed by atoms with Crippen LogP contribution >= 0.6 is 23.5 Å². The lowest BCUT2D eigenvalue weighted by atomic mass is 9.75. The van der Waals surface area contributed by atoms with Gasteiger partial charge in [0.25, 0.3) is 0 Å². The molecule has 0 radical (unpaired) electrons. The summed E-state index contributed by atoms with van der Waals surface area (Å²) < 4.78 is 23.7. The second-order valence-corrected chi connectivity index (χ2v) is 20.7. The molecular weight excluding hydrogens is 769 g/mol. The van der Waals surface area contributed by atoms with E-state index in [1.165, 1.54) is 0 Å². The van der Waals surface area contributed by atoms with Crippen molar-refractivity contribution in [3.63, 3.8) is 0 Å². The van der Waals surface area contributed by atoms with E-state index >= 15 is 0 Å². The molecule has 0 fully saturated rings. The number of benzene rings is 4. The van der Waals surface area contributed by atoms with Crippen LogP contribution in [-0.4, -0.2) is 59.5 Å². The predicted molar refractivity (Wildman–Crippen MR) is 237 cm³/mol. The quantitative estimate of drug-likeness (QED) is 0.0998. The molecule has 0 spiro atoms. The van der Waals surface area contributed by atoms with Crippen molar-refractivity contribution in [2.75, 3.05) is 26.4 Å². The highest BCUT2D eigenvalue weighted by atomic mass is 32.2. The van der Waals surface area contributed by atoms with E-state index in [4.69, 9.17) is 18.9 Å². The summed E-state index contributed by atoms with van der Waals surface area (Å²) in [6, 6.07) is 27.2. The largest absolute Gasteiger partial charge is 0.490 e. The predicted octanol–water partition coefficient (Wildman–Crippen LogP) is 11.9. The maximum Gasteiger partial charge on any atom is 0.372 e. The molecule has 8 nitrogen and oxygen atoms in total. The van der Waals surface area contributed by atoms with Gasteiger partial charge in [0, 0.05) is 32.0 Å². The van der Waals surface area contributed by atoms with E-state index in [1.807, 2.05) is 60.7 Å². The number of aliphatic hydroxyl groups is 2. The van der Waals surface area contributed by atoms with Gasteiger partial charge >= 0.3 is 10.6 Å². The lowest BCUT2D eigenvalue weighted by Gasteiger charge is -2.33. The minimum Gasteiger partial charge on any atom is -0.490 e. The molecule has 0 saturated heterocycles. The van der Waals surface area contributed by atoms with E-state index in [9.17, 15) is 19.8 Å². The minimum absolute atomic E-state index is 0.0555. The van der Waals surface area contributed by atoms with Crippen LogP contribution in [0.15, 0.2) is 94.7 Å². The lowest BCUT2D eigenvalue weighted by Crippen LogP contribution is -2.27. The lowest BCUT2D eigenvalue weighted by molar-refractivity contribution is 0.0462. The summed E-state index contributed by atoms with van der Waals surface area (Å²) in [5.74, 6) is 1.41. The Kier molecular flexibility index (Phi) is 15.6. The maximum atomic E-state index is 12.4. The number of rotatable bonds is 13. The maximum absolute atomic E-state index is 12.4. The Morgan fingerprint density at radius 3 is 1.02 bits per heavy atom. The van der Waals surface area contributed by atoms with Crippen molar-refractivity contribution in [3.05, 3.63) is 107 Å². The fourth-order valence-electron chi connectivity index (χ4n) is 6.14. The summed E-state index contributed by atoms with van der Waals surface area (Å²) >= 11 is 1.95. The van der Waals surface area contributed by atoms with Crippen LogP contribution in [0.2, 0.25) is 0 Å². The van der Waals surface area contributed by atoms with Crippen molar-refractivity contribution in [3.8, 4) is 22.6 Å². The zero-order valence-electron chi connectivity index (χ0n) is 36.2. The zero-order valence-corrected chi connectivity index (χ0v) is 37.9. The van der Waals surface area contributed by atoms with Crippen LogP contribution in [0.5, 0.6) is 11.5 Å². The number of hydrogen-bond acceptors (Lipinski definition) is 10. The summed E-state index contributed by atoms with van der Waals surface area (Å²) in [4.78, 5) is 26.4. The molecule has 0 aliphatic rings. The second-order valence-electron chi connectivity index (χ2n) is 18.7. The number of hydrogen-bond donors (Lipinski definition) is 2. The molecular formula is C48H62O8S2. The summed E-state index contributed by atoms with van der Waals surface area (Å²) in [5, 5.41) is 20.8. The Bertz CT molecular complexity index is 1770. The van der Waals surface area contributed by atoms with Gasteiger partial charge in [-0.25, -0.2) is 9.59 Å². The minimum atomic E-state index is -1.03. The molecule has 0 aliphatic heterocycles. The van der Waals surface area contributed by atoms with Crippen LogP contribution in [-0.2, 0) is 31.1 Å². The van der Waals surface area contributed by atoms with Gasteiger partial charge in [-0.2, -0.15) is 0 Å². The first-order valence-electron chi connectivity index (χ1n) is 19.7. The van der Waals surface area contributed by atoms with Crippen molar-refractivity contribution in [1.29, 1.82) is 0 Å². The van der Waals surface area contributed by atoms with Crippen molar-refractivity contribution in [2.45, 2.75) is 127 Å². The fraction of sp³-hybridized carbons (Fsp3) is 0.458. The molecule has 314 valence electrons. The summed E-state index contributed by atoms with van der Waals surface area (Å²) in [6.07, 6.45) is -2.06. The fourth-order valence-corrected chi connectivity index (χ4v) is 7.37. The van der Waals surface area contributed by atoms with E-state index in [0.29, 0.717) is 11.5 Å². The first-order chi connectivity index (χ1) is 26.9. The molecule has 0 amide bonds. The monoisotopic (exact) mass is 830 g/mol. The van der Waals surface area contributed by atoms with Crippen LogP contribution < -0.4 is 9.47 Å². The number of aliphatic hydroxyl groups excluding tert-OH is 2. The van der Waals surface area contributed by atoms with Gasteiger partial charge in [-0.05, 0) is 105 Å². The normalized spacial score (nSPS) is 13.4. The number of carbonyl (C=O) groups excluding carboxylic acids is 2. The van der Waals surface area contributed by atoms with E-state index in [-0.39, 0.29) is 48.1 Å². The Morgan fingerprint density at radius 2 is 0.759 bits per heavy atom. The van der Waals surface area contributed by atoms with Crippen molar-refractivity contribution < 1.29 is 38.7 Å². The third kappa shape index (κ3) is 13.5. The van der Waals surface area contributed by atoms with Crippen LogP contribution in [0.4, 0.5) is 9.59 Å². The Labute approximate surface area is 354 Å². The smallest absolute Gasteiger partial charge is 0.372 e. The molecule has 10 heteroatoms. The highest BCUT2D eigenvalue weighted by Gasteiger charge is 2.32. The Morgan fingerprint density at radius 1 is 0.483 bits per heavy atom. The van der Waals surface area contributed by atoms with Gasteiger partial charge < -0.3 is 29.2 Å². The third-order valence-electron chi connectivity index (χ3n) is 9.26. The molecule has 58 heavy (non-hydrogen) atoms. The third-order valence-corrected chi connectivity index (χ3v) is 10.8. The molecule has 2 N–H and O–H groups in total. The van der Waals surface area contributed by atoms with E-state index < -0.39 is 22.8 Å². The summed E-state index contributed by atoms with van der Waals surface area (Å²) in [5.41, 5.74) is 4.62. The molecule has 2 atom stereocenters. The van der Waals surface area contributed by atoms with Gasteiger partial charge in [0.15, 0.2) is 0 Å². The molecule has 0 saturated carbocycles. The number of carbonyl (C=O) groups is 2. The van der Waals surface area contributed by atoms with E-state index in [1.54, 1.807) is 0 Å². The first-order valence-corrected chi connectivity index (χ1v) is 21.4. The molecule has 4 aromatic carbocycles. The van der Waals surface area contributed by atoms with Crippen LogP contribution in [0.25, 0.3) is 11.1 Å². The highest BCUT2D eigenvalue weighted by Crippen LogP contribution is 2.47. The van der Waals surface area contributed by atoms with E-state index in [2.05, 4.69) is 107 Å². The molecule has 4 rings (SSSR count). The molecule has 0 bridgehead atoms. The topological polar surface area (TPSA) is 112 Å². The van der Waals surface area contributed by atoms with Gasteiger partial charge in [-0.1, -0.05) is 119 Å². The average Bonchev–Trinajstić information content (AvgIpc) is 3.13. The standard InChI is InChI=1S/C48H62O8S2/c1-45(2,3)37-23-31(24-38(46(4,5)6)41(37)53-27-33(49)29-55-43(51)57-35-19-15-13-16-20-35)32-25-39(47(7,8)9)42(40(26-32)48(10,11)12)54-28-34(50)30-56-44(52)58-36-21-17-14-18-22-36/h13-26,33-34,49-50H,27-30H2,1-12H3. The van der Waals surface area contributed by atoms with Crippen LogP contribution in [0, 0.1) is 0 Å². The van der Waals surface area contributed by atoms with Gasteiger partial charge in [-0.3, -0.25) is 0 Å². The van der Waals surface area contributed by atoms with E-state index in [0.717, 1.165) is 66.7 Å². The molecule has 0 heterocycles. The zero-order chi connectivity index (χ0) is 43.1. The second kappa shape index (κ2) is 19.4. The first kappa shape index (κ1) is 46.7. The number of thioether (sulfide) groups is 2. The van der Waals surface area contributed by atoms with Crippen LogP contribution in [0.1, 0.15) is 105 Å². The Hall–Kier alpha value is -3.96. The highest BCUT2D eigenvalue weighted by molar-refractivity contribution is 8.13. The SMILES string of the molecule is CC(C)(C)c1cc(-c2cc(C(C)(C)C)c(OCC(O)COC(=O)Sc3ccccc3)c(C(C)(C)C)c2)cc(C(C)(C)C)c1OCC(O)COC(=O)Sc1ccccc1. The van der Waals surface area contributed by atoms with Gasteiger partial charge in [0.1, 0.15) is 50.1 Å². The van der Waals surface area contributed by atoms with Crippen molar-refractivity contribution >= 4 is 34.1 Å². The van der Waals surface area contributed by atoms with Crippen molar-refractivity contribution in [2.24, 2.45) is 0 Å². The summed E-state index contributed by atoms with van der Waals surface area (Å²) in [6.45, 7) is 25.2. The summed E-state index contributed by atoms with van der Waals surface area (Å²) in [7, 11) is 0. The van der Waals surface area contributed by atoms with Crippen LogP contribution in [0.3, 0.4) is 0 Å². The van der Waals surface area contributed by atoms with Gasteiger partial charge in [0.2, 0.25) is 0 Å². The van der Waals surface area contributed by atoms with Gasteiger partial charge in [-0.15, -0.1) is 0 Å². The average molecular weight is 831 g/mol. The molecule has 0 aromatic heterocycles. The number of ether oxygens (including phenoxy) is 4.